The summed E-state index contributed by atoms with van der Waals surface area (Å²) in [6, 6.07) is 66.4. The fraction of sp³-hybridized carbons (Fsp3) is 0. The fourth-order valence-corrected chi connectivity index (χ4v) is 7.50. The lowest BCUT2D eigenvalue weighted by atomic mass is 9.82. The van der Waals surface area contributed by atoms with E-state index in [-0.39, 0.29) is 0 Å². The molecule has 0 aromatic heterocycles. The van der Waals surface area contributed by atoms with Crippen molar-refractivity contribution in [3.63, 3.8) is 0 Å². The first-order valence-corrected chi connectivity index (χ1v) is 16.0. The topological polar surface area (TPSA) is 0 Å². The summed E-state index contributed by atoms with van der Waals surface area (Å²) in [5.41, 5.74) is 10.1. The summed E-state index contributed by atoms with van der Waals surface area (Å²) in [7, 11) is 0. The minimum absolute atomic E-state index is 1.23. The summed E-state index contributed by atoms with van der Waals surface area (Å²) in [4.78, 5) is 0. The van der Waals surface area contributed by atoms with Gasteiger partial charge in [0.2, 0.25) is 0 Å². The Hall–Kier alpha value is -5.98. The predicted octanol–water partition coefficient (Wildman–Crippen LogP) is 13.0. The molecule has 0 unspecified atom stereocenters. The molecule has 0 heterocycles. The van der Waals surface area contributed by atoms with Gasteiger partial charge < -0.3 is 0 Å². The fourth-order valence-electron chi connectivity index (χ4n) is 7.50. The van der Waals surface area contributed by atoms with E-state index < -0.39 is 0 Å². The molecule has 0 amide bonds. The summed E-state index contributed by atoms with van der Waals surface area (Å²) >= 11 is 0. The average Bonchev–Trinajstić information content (AvgIpc) is 3.14. The zero-order valence-corrected chi connectivity index (χ0v) is 25.3. The van der Waals surface area contributed by atoms with Crippen molar-refractivity contribution >= 4 is 43.1 Å². The molecule has 9 aromatic rings. The van der Waals surface area contributed by atoms with Gasteiger partial charge in [-0.3, -0.25) is 0 Å². The van der Waals surface area contributed by atoms with Gasteiger partial charge in [0.15, 0.2) is 0 Å². The second kappa shape index (κ2) is 10.9. The largest absolute Gasteiger partial charge is 0.0622 e. The lowest BCUT2D eigenvalue weighted by molar-refractivity contribution is 1.61. The van der Waals surface area contributed by atoms with Crippen molar-refractivity contribution in [2.24, 2.45) is 0 Å². The molecule has 9 aromatic carbocycles. The standard InChI is InChI=1S/C46H30/c1-3-16-31(17-4-1)34-21-7-9-23-37(34)45-39-25-11-13-27-41(39)46(42-28-14-12-26-40(42)45)43-30-33-20-15-29-35(32-18-5-2-6-19-32)44(33)38-24-10-8-22-36(38)43/h1-30H. The summed E-state index contributed by atoms with van der Waals surface area (Å²) in [6.07, 6.45) is 0. The van der Waals surface area contributed by atoms with Gasteiger partial charge in [0.1, 0.15) is 0 Å². The van der Waals surface area contributed by atoms with E-state index >= 15 is 0 Å². The Kier molecular flexibility index (Phi) is 6.25. The number of fused-ring (bicyclic) bond motifs is 5. The van der Waals surface area contributed by atoms with Crippen molar-refractivity contribution in [1.82, 2.24) is 0 Å². The maximum absolute atomic E-state index is 2.43. The average molecular weight is 583 g/mol. The van der Waals surface area contributed by atoms with Gasteiger partial charge in [-0.05, 0) is 93.7 Å². The van der Waals surface area contributed by atoms with E-state index in [4.69, 9.17) is 0 Å². The molecule has 0 spiro atoms. The number of benzene rings is 9. The van der Waals surface area contributed by atoms with Crippen LogP contribution in [0.15, 0.2) is 182 Å². The molecular formula is C46H30. The summed E-state index contributed by atoms with van der Waals surface area (Å²) in [5.74, 6) is 0. The van der Waals surface area contributed by atoms with Crippen molar-refractivity contribution in [2.75, 3.05) is 0 Å². The van der Waals surface area contributed by atoms with Gasteiger partial charge in [0.25, 0.3) is 0 Å². The second-order valence-corrected chi connectivity index (χ2v) is 12.0. The molecular weight excluding hydrogens is 553 g/mol. The molecule has 0 bridgehead atoms. The lowest BCUT2D eigenvalue weighted by Crippen LogP contribution is -1.94. The molecule has 0 radical (unpaired) electrons. The first-order chi connectivity index (χ1) is 22.9. The highest BCUT2D eigenvalue weighted by Gasteiger charge is 2.21. The molecule has 0 saturated carbocycles. The van der Waals surface area contributed by atoms with Crippen LogP contribution in [0.1, 0.15) is 0 Å². The smallest absolute Gasteiger partial charge is 0.00199 e. The minimum atomic E-state index is 1.23. The summed E-state index contributed by atoms with van der Waals surface area (Å²) in [5, 5.41) is 10.2. The van der Waals surface area contributed by atoms with Gasteiger partial charge in [0.05, 0.1) is 0 Å². The van der Waals surface area contributed by atoms with E-state index in [1.165, 1.54) is 87.6 Å². The first-order valence-electron chi connectivity index (χ1n) is 16.0. The highest BCUT2D eigenvalue weighted by Crippen LogP contribution is 2.48. The van der Waals surface area contributed by atoms with E-state index in [1.807, 2.05) is 0 Å². The molecule has 0 aliphatic carbocycles. The Bertz CT molecular complexity index is 2500. The van der Waals surface area contributed by atoms with Crippen LogP contribution in [-0.4, -0.2) is 0 Å². The molecule has 9 rings (SSSR count). The molecule has 0 aliphatic rings. The van der Waals surface area contributed by atoms with Crippen LogP contribution in [0.3, 0.4) is 0 Å². The third kappa shape index (κ3) is 4.15. The molecule has 0 fully saturated rings. The molecule has 46 heavy (non-hydrogen) atoms. The molecule has 0 saturated heterocycles. The van der Waals surface area contributed by atoms with Crippen molar-refractivity contribution < 1.29 is 0 Å². The Morgan fingerprint density at radius 2 is 0.652 bits per heavy atom. The molecule has 0 nitrogen and oxygen atoms in total. The van der Waals surface area contributed by atoms with Gasteiger partial charge in [0, 0.05) is 0 Å². The monoisotopic (exact) mass is 582 g/mol. The van der Waals surface area contributed by atoms with Crippen LogP contribution in [0.2, 0.25) is 0 Å². The third-order valence-corrected chi connectivity index (χ3v) is 9.45. The van der Waals surface area contributed by atoms with E-state index in [0.29, 0.717) is 0 Å². The van der Waals surface area contributed by atoms with Crippen molar-refractivity contribution in [3.8, 4) is 44.5 Å². The van der Waals surface area contributed by atoms with E-state index in [1.54, 1.807) is 0 Å². The number of hydrogen-bond acceptors (Lipinski definition) is 0. The van der Waals surface area contributed by atoms with Gasteiger partial charge in [-0.15, -0.1) is 0 Å². The number of rotatable bonds is 4. The highest BCUT2D eigenvalue weighted by atomic mass is 14.2. The third-order valence-electron chi connectivity index (χ3n) is 9.45. The lowest BCUT2D eigenvalue weighted by Gasteiger charge is -2.21. The van der Waals surface area contributed by atoms with Crippen LogP contribution in [0.25, 0.3) is 87.6 Å². The van der Waals surface area contributed by atoms with Crippen LogP contribution in [0, 0.1) is 0 Å². The van der Waals surface area contributed by atoms with Gasteiger partial charge in [-0.25, -0.2) is 0 Å². The highest BCUT2D eigenvalue weighted by molar-refractivity contribution is 6.27. The van der Waals surface area contributed by atoms with E-state index in [0.717, 1.165) is 0 Å². The second-order valence-electron chi connectivity index (χ2n) is 12.0. The first kappa shape index (κ1) is 26.4. The van der Waals surface area contributed by atoms with E-state index in [9.17, 15) is 0 Å². The Labute approximate surface area is 268 Å². The zero-order chi connectivity index (χ0) is 30.5. The molecule has 0 atom stereocenters. The molecule has 0 aliphatic heterocycles. The van der Waals surface area contributed by atoms with Gasteiger partial charge in [-0.2, -0.15) is 0 Å². The van der Waals surface area contributed by atoms with Crippen LogP contribution in [-0.2, 0) is 0 Å². The Morgan fingerprint density at radius 1 is 0.239 bits per heavy atom. The van der Waals surface area contributed by atoms with Gasteiger partial charge in [-0.1, -0.05) is 176 Å². The Morgan fingerprint density at radius 3 is 1.24 bits per heavy atom. The molecule has 0 heteroatoms. The minimum Gasteiger partial charge on any atom is -0.0622 e. The normalized spacial score (nSPS) is 11.5. The van der Waals surface area contributed by atoms with Crippen molar-refractivity contribution in [3.05, 3.63) is 182 Å². The van der Waals surface area contributed by atoms with E-state index in [2.05, 4.69) is 182 Å². The van der Waals surface area contributed by atoms with Crippen LogP contribution < -0.4 is 0 Å². The summed E-state index contributed by atoms with van der Waals surface area (Å²) in [6.45, 7) is 0. The Balaban J connectivity index is 1.41. The molecule has 214 valence electrons. The van der Waals surface area contributed by atoms with Gasteiger partial charge >= 0.3 is 0 Å². The van der Waals surface area contributed by atoms with Crippen molar-refractivity contribution in [2.45, 2.75) is 0 Å². The quantitative estimate of drug-likeness (QED) is 0.143. The zero-order valence-electron chi connectivity index (χ0n) is 25.3. The maximum Gasteiger partial charge on any atom is -0.00199 e. The molecule has 0 N–H and O–H groups in total. The van der Waals surface area contributed by atoms with Crippen LogP contribution in [0.5, 0.6) is 0 Å². The van der Waals surface area contributed by atoms with Crippen molar-refractivity contribution in [1.29, 1.82) is 0 Å². The van der Waals surface area contributed by atoms with Crippen LogP contribution in [0.4, 0.5) is 0 Å². The SMILES string of the molecule is c1ccc(-c2ccccc2-c2c3ccccc3c(-c3cc4cccc(-c5ccccc5)c4c4ccccc34)c3ccccc23)cc1. The van der Waals surface area contributed by atoms with Crippen LogP contribution >= 0.6 is 0 Å². The maximum atomic E-state index is 2.43. The number of hydrogen-bond donors (Lipinski definition) is 0. The summed E-state index contributed by atoms with van der Waals surface area (Å²) < 4.78 is 0. The predicted molar refractivity (Wildman–Crippen MR) is 198 cm³/mol.